The van der Waals surface area contributed by atoms with Crippen LogP contribution in [0.3, 0.4) is 0 Å². The Morgan fingerprint density at radius 1 is 1.03 bits per heavy atom. The average molecular weight is 559 g/mol. The van der Waals surface area contributed by atoms with Gasteiger partial charge in [0.05, 0.1) is 22.2 Å². The van der Waals surface area contributed by atoms with E-state index < -0.39 is 5.54 Å². The zero-order chi connectivity index (χ0) is 27.3. The number of ether oxygens (including phenoxy) is 2. The fraction of sp³-hybridized carbons (Fsp3) is 0.370. The molecule has 0 bridgehead atoms. The first-order valence-corrected chi connectivity index (χ1v) is 13.2. The molecule has 0 saturated carbocycles. The number of nitrogens with one attached hydrogen (secondary N) is 3. The molecule has 2 heterocycles. The van der Waals surface area contributed by atoms with Gasteiger partial charge in [-0.1, -0.05) is 40.9 Å². The molecular formula is C27H32Cl2N6O3. The van der Waals surface area contributed by atoms with Crippen molar-refractivity contribution in [2.75, 3.05) is 19.9 Å². The predicted molar refractivity (Wildman–Crippen MR) is 149 cm³/mol. The molecule has 0 spiro atoms. The highest BCUT2D eigenvalue weighted by Gasteiger charge is 2.26. The molecule has 3 N–H and O–H groups in total. The number of halogens is 2. The van der Waals surface area contributed by atoms with Crippen molar-refractivity contribution >= 4 is 34.8 Å². The van der Waals surface area contributed by atoms with Crippen molar-refractivity contribution in [3.05, 3.63) is 63.6 Å². The molecule has 38 heavy (non-hydrogen) atoms. The zero-order valence-electron chi connectivity index (χ0n) is 21.9. The van der Waals surface area contributed by atoms with Gasteiger partial charge in [-0.2, -0.15) is 0 Å². The molecule has 0 unspecified atom stereocenters. The summed E-state index contributed by atoms with van der Waals surface area (Å²) in [5.74, 6) is 1.84. The molecule has 0 radical (unpaired) electrons. The van der Waals surface area contributed by atoms with Crippen LogP contribution in [0.2, 0.25) is 10.0 Å². The number of benzene rings is 2. The summed E-state index contributed by atoms with van der Waals surface area (Å²) in [6.45, 7) is 9.01. The second-order valence-corrected chi connectivity index (χ2v) is 10.5. The van der Waals surface area contributed by atoms with E-state index in [1.807, 2.05) is 39.0 Å². The van der Waals surface area contributed by atoms with E-state index in [1.165, 1.54) is 5.56 Å². The largest absolute Gasteiger partial charge is 0.493 e. The molecule has 0 saturated heterocycles. The third-order valence-corrected chi connectivity index (χ3v) is 6.84. The lowest BCUT2D eigenvalue weighted by Gasteiger charge is -2.25. The van der Waals surface area contributed by atoms with E-state index >= 15 is 0 Å². The fourth-order valence-corrected chi connectivity index (χ4v) is 4.12. The van der Waals surface area contributed by atoms with Crippen LogP contribution in [0, 0.1) is 13.8 Å². The molecule has 0 aliphatic heterocycles. The summed E-state index contributed by atoms with van der Waals surface area (Å²) >= 11 is 12.2. The van der Waals surface area contributed by atoms with Crippen molar-refractivity contribution in [2.45, 2.75) is 46.1 Å². The Morgan fingerprint density at radius 3 is 2.61 bits per heavy atom. The molecule has 11 heteroatoms. The van der Waals surface area contributed by atoms with Crippen LogP contribution in [-0.2, 0) is 4.79 Å². The van der Waals surface area contributed by atoms with Crippen molar-refractivity contribution in [1.82, 2.24) is 30.4 Å². The maximum atomic E-state index is 12.7. The maximum absolute atomic E-state index is 12.7. The van der Waals surface area contributed by atoms with Crippen LogP contribution in [0.1, 0.15) is 37.8 Å². The van der Waals surface area contributed by atoms with E-state index in [4.69, 9.17) is 32.7 Å². The minimum Gasteiger partial charge on any atom is -0.493 e. The molecule has 0 atom stereocenters. The number of aryl methyl sites for hydroxylation is 2. The first-order valence-electron chi connectivity index (χ1n) is 12.4. The Bertz CT molecular complexity index is 1420. The summed E-state index contributed by atoms with van der Waals surface area (Å²) in [6.07, 6.45) is 1.67. The Hall–Kier alpha value is -3.27. The van der Waals surface area contributed by atoms with Crippen LogP contribution < -0.4 is 20.1 Å². The highest BCUT2D eigenvalue weighted by atomic mass is 35.5. The number of unbranched alkanes of at least 4 members (excludes halogenated alkanes) is 1. The Balaban J connectivity index is 1.20. The molecule has 4 aromatic rings. The molecule has 0 aliphatic carbocycles. The summed E-state index contributed by atoms with van der Waals surface area (Å²) in [7, 11) is 0. The Labute approximate surface area is 231 Å². The van der Waals surface area contributed by atoms with Gasteiger partial charge < -0.3 is 14.8 Å². The topological polar surface area (TPSA) is 106 Å². The summed E-state index contributed by atoms with van der Waals surface area (Å²) in [5, 5.41) is 18.5. The molecule has 2 aromatic heterocycles. The van der Waals surface area contributed by atoms with Gasteiger partial charge in [0.25, 0.3) is 0 Å². The number of fused-ring (bicyclic) bond motifs is 1. The number of aromatic amines is 1. The minimum atomic E-state index is -0.824. The predicted octanol–water partition coefficient (Wildman–Crippen LogP) is 5.33. The lowest BCUT2D eigenvalue weighted by Crippen LogP contribution is -2.53. The minimum absolute atomic E-state index is 0.108. The summed E-state index contributed by atoms with van der Waals surface area (Å²) in [6, 6.07) is 13.1. The molecule has 4 rings (SSSR count). The van der Waals surface area contributed by atoms with Gasteiger partial charge in [-0.05, 0) is 70.4 Å². The summed E-state index contributed by atoms with van der Waals surface area (Å²) in [4.78, 5) is 12.7. The number of aromatic nitrogens is 4. The fourth-order valence-electron chi connectivity index (χ4n) is 3.82. The Kier molecular flexibility index (Phi) is 8.81. The number of nitrogens with zero attached hydrogens (tertiary/aromatic N) is 3. The first kappa shape index (κ1) is 27.8. The van der Waals surface area contributed by atoms with E-state index in [2.05, 4.69) is 38.9 Å². The summed E-state index contributed by atoms with van der Waals surface area (Å²) in [5.41, 5.74) is 2.86. The van der Waals surface area contributed by atoms with Gasteiger partial charge in [0.15, 0.2) is 11.5 Å². The van der Waals surface area contributed by atoms with E-state index in [0.717, 1.165) is 29.7 Å². The second-order valence-electron chi connectivity index (χ2n) is 9.64. The van der Waals surface area contributed by atoms with Gasteiger partial charge in [0, 0.05) is 18.2 Å². The lowest BCUT2D eigenvalue weighted by atomic mass is 10.1. The zero-order valence-corrected chi connectivity index (χ0v) is 23.4. The molecule has 202 valence electrons. The van der Waals surface area contributed by atoms with E-state index in [9.17, 15) is 4.79 Å². The number of hydrogen-bond donors (Lipinski definition) is 3. The Morgan fingerprint density at radius 2 is 1.84 bits per heavy atom. The van der Waals surface area contributed by atoms with Crippen molar-refractivity contribution < 1.29 is 14.3 Å². The second kappa shape index (κ2) is 12.1. The normalized spacial score (nSPS) is 11.6. The van der Waals surface area contributed by atoms with Crippen molar-refractivity contribution in [3.63, 3.8) is 0 Å². The molecule has 1 amide bonds. The van der Waals surface area contributed by atoms with E-state index in [1.54, 1.807) is 22.7 Å². The van der Waals surface area contributed by atoms with Crippen LogP contribution >= 0.6 is 23.2 Å². The summed E-state index contributed by atoms with van der Waals surface area (Å²) < 4.78 is 13.3. The molecule has 2 aromatic carbocycles. The first-order chi connectivity index (χ1) is 18.1. The number of rotatable bonds is 12. The van der Waals surface area contributed by atoms with Crippen LogP contribution in [0.5, 0.6) is 11.6 Å². The number of carbonyl (C=O) groups excluding carboxylic acids is 1. The molecule has 0 aliphatic rings. The smallest absolute Gasteiger partial charge is 0.239 e. The van der Waals surface area contributed by atoms with Gasteiger partial charge in [-0.15, -0.1) is 10.2 Å². The molecule has 0 fully saturated rings. The quantitative estimate of drug-likeness (QED) is 0.160. The van der Waals surface area contributed by atoms with Gasteiger partial charge in [-0.3, -0.25) is 15.2 Å². The van der Waals surface area contributed by atoms with Gasteiger partial charge in [-0.25, -0.2) is 4.52 Å². The third kappa shape index (κ3) is 6.78. The average Bonchev–Trinajstić information content (AvgIpc) is 3.44. The third-order valence-electron chi connectivity index (χ3n) is 6.10. The number of H-pyrrole nitrogens is 1. The monoisotopic (exact) mass is 558 g/mol. The van der Waals surface area contributed by atoms with Crippen LogP contribution in [0.4, 0.5) is 0 Å². The lowest BCUT2D eigenvalue weighted by molar-refractivity contribution is -0.126. The van der Waals surface area contributed by atoms with Gasteiger partial charge in [0.1, 0.15) is 12.5 Å². The van der Waals surface area contributed by atoms with Crippen LogP contribution in [-0.4, -0.2) is 51.1 Å². The maximum Gasteiger partial charge on any atom is 0.239 e. The van der Waals surface area contributed by atoms with Crippen LogP contribution in [0.15, 0.2) is 42.5 Å². The van der Waals surface area contributed by atoms with Gasteiger partial charge >= 0.3 is 0 Å². The number of hydrogen-bond acceptors (Lipinski definition) is 6. The molecule has 9 nitrogen and oxygen atoms in total. The van der Waals surface area contributed by atoms with Crippen molar-refractivity contribution in [3.8, 4) is 23.0 Å². The standard InChI is InChI=1S/C27H32Cl2N6O3/c1-17-7-10-22(18(2)13-17)37-12-6-5-11-30-26(36)27(3,4)31-16-38-24-15-23-32-33-25(35(23)34-24)19-8-9-20(28)21(29)14-19/h7-10,13-15,31,34H,5-6,11-12,16H2,1-4H3,(H,30,36). The van der Waals surface area contributed by atoms with Gasteiger partial charge in [0.2, 0.25) is 11.8 Å². The van der Waals surface area contributed by atoms with Crippen molar-refractivity contribution in [2.24, 2.45) is 0 Å². The van der Waals surface area contributed by atoms with E-state index in [0.29, 0.717) is 40.5 Å². The highest BCUT2D eigenvalue weighted by Crippen LogP contribution is 2.28. The SMILES string of the molecule is Cc1ccc(OCCCCNC(=O)C(C)(C)NCOc2cc3nnc(-c4ccc(Cl)c(Cl)c4)n3[nH]2)c(C)c1. The highest BCUT2D eigenvalue weighted by molar-refractivity contribution is 6.42. The molecular weight excluding hydrogens is 527 g/mol. The van der Waals surface area contributed by atoms with E-state index in [-0.39, 0.29) is 12.6 Å². The number of carbonyl (C=O) groups is 1. The number of amides is 1. The van der Waals surface area contributed by atoms with Crippen molar-refractivity contribution in [1.29, 1.82) is 0 Å². The van der Waals surface area contributed by atoms with Crippen LogP contribution in [0.25, 0.3) is 17.0 Å².